The van der Waals surface area contributed by atoms with Crippen molar-refractivity contribution in [3.8, 4) is 0 Å². The second-order valence-electron chi connectivity index (χ2n) is 0. The Balaban J connectivity index is -0.0000000133. The van der Waals surface area contributed by atoms with Gasteiger partial charge in [-0.2, -0.15) is 12.5 Å². The van der Waals surface area contributed by atoms with E-state index in [-0.39, 0.29) is 20.4 Å². The first-order chi connectivity index (χ1) is 2.00. The second kappa shape index (κ2) is 55.0. The van der Waals surface area contributed by atoms with Crippen LogP contribution in [0.2, 0.25) is 0 Å². The zero-order valence-corrected chi connectivity index (χ0v) is 6.32. The predicted octanol–water partition coefficient (Wildman–Crippen LogP) is 0.324. The Morgan fingerprint density at radius 3 is 0.800 bits per heavy atom. The molecule has 0 heterocycles. The third-order valence-corrected chi connectivity index (χ3v) is 0. The van der Waals surface area contributed by atoms with Crippen LogP contribution < -0.4 is 0 Å². The van der Waals surface area contributed by atoms with Crippen molar-refractivity contribution in [2.45, 2.75) is 0 Å². The monoisotopic (exact) mass is 200 g/mol. The molecule has 0 aromatic heterocycles. The normalized spacial score (nSPS) is 2.40. The minimum absolute atomic E-state index is 0. The first-order valence-electron chi connectivity index (χ1n) is 0.816. The Morgan fingerprint density at radius 1 is 0.800 bits per heavy atom. The van der Waals surface area contributed by atoms with Crippen LogP contribution in [0.1, 0.15) is 0 Å². The van der Waals surface area contributed by atoms with Crippen LogP contribution in [-0.2, 0) is 45.7 Å². The summed E-state index contributed by atoms with van der Waals surface area (Å²) >= 11 is 8.17. The van der Waals surface area contributed by atoms with Gasteiger partial charge in [-0.1, -0.05) is 0 Å². The van der Waals surface area contributed by atoms with Gasteiger partial charge in [0.25, 0.3) is 0 Å². The topological polar surface area (TPSA) is 0 Å². The van der Waals surface area contributed by atoms with Gasteiger partial charge in [-0.05, 0) is 0 Å². The number of hydrogen-bond acceptors (Lipinski definition) is 2. The summed E-state index contributed by atoms with van der Waals surface area (Å²) in [5.41, 5.74) is 0. The fourth-order valence-corrected chi connectivity index (χ4v) is 0. The third kappa shape index (κ3) is 32.7. The van der Waals surface area contributed by atoms with E-state index in [4.69, 9.17) is 0 Å². The maximum Gasteiger partial charge on any atom is 2.00 e. The fraction of sp³-hybridized carbons (Fsp3) is 1.00. The van der Waals surface area contributed by atoms with Crippen LogP contribution in [0.4, 0.5) is 0 Å². The van der Waals surface area contributed by atoms with Crippen molar-refractivity contribution in [1.82, 2.24) is 0 Å². The van der Waals surface area contributed by atoms with Crippen molar-refractivity contribution in [3.05, 3.63) is 0 Å². The Bertz CT molecular complexity index is 7.61. The minimum Gasteiger partial charge on any atom is -0.796 e. The van der Waals surface area contributed by atoms with Crippen LogP contribution in [0.25, 0.3) is 0 Å². The summed E-state index contributed by atoms with van der Waals surface area (Å²) in [5.74, 6) is 0. The molecular formula is C2H6PdS2. The molecule has 3 heteroatoms. The van der Waals surface area contributed by atoms with Gasteiger partial charge in [-0.3, -0.25) is 0 Å². The van der Waals surface area contributed by atoms with Crippen molar-refractivity contribution >= 4 is 25.3 Å². The number of rotatable bonds is 0. The van der Waals surface area contributed by atoms with Gasteiger partial charge in [0.15, 0.2) is 0 Å². The average molecular weight is 201 g/mol. The molecule has 0 saturated heterocycles. The Morgan fingerprint density at radius 2 is 0.800 bits per heavy atom. The molecule has 0 bridgehead atoms. The van der Waals surface area contributed by atoms with Crippen molar-refractivity contribution in [2.24, 2.45) is 0 Å². The summed E-state index contributed by atoms with van der Waals surface area (Å²) in [6.45, 7) is 0. The van der Waals surface area contributed by atoms with E-state index in [1.807, 2.05) is 0 Å². The molecule has 0 fully saturated rings. The maximum atomic E-state index is 4.08. The van der Waals surface area contributed by atoms with Gasteiger partial charge in [0.2, 0.25) is 0 Å². The largest absolute Gasteiger partial charge is 2.00 e. The van der Waals surface area contributed by atoms with Crippen molar-refractivity contribution in [1.29, 1.82) is 0 Å². The van der Waals surface area contributed by atoms with E-state index >= 15 is 0 Å². The van der Waals surface area contributed by atoms with Gasteiger partial charge >= 0.3 is 20.4 Å². The molecule has 0 aliphatic heterocycles. The van der Waals surface area contributed by atoms with Gasteiger partial charge in [-0.15, -0.1) is 0 Å². The fourth-order valence-electron chi connectivity index (χ4n) is 0. The Labute approximate surface area is 58.2 Å². The van der Waals surface area contributed by atoms with Gasteiger partial charge in [0.1, 0.15) is 0 Å². The van der Waals surface area contributed by atoms with Crippen molar-refractivity contribution < 1.29 is 20.4 Å². The average Bonchev–Trinajstić information content (AvgIpc) is 1.50. The summed E-state index contributed by atoms with van der Waals surface area (Å²) in [6, 6.07) is 0. The van der Waals surface area contributed by atoms with Crippen LogP contribution in [-0.4, -0.2) is 12.5 Å². The molecule has 36 valence electrons. The molecule has 0 radical (unpaired) electrons. The van der Waals surface area contributed by atoms with E-state index in [1.165, 1.54) is 0 Å². The summed E-state index contributed by atoms with van der Waals surface area (Å²) in [4.78, 5) is 0. The van der Waals surface area contributed by atoms with Gasteiger partial charge in [-0.25, -0.2) is 0 Å². The van der Waals surface area contributed by atoms with E-state index in [0.717, 1.165) is 0 Å². The van der Waals surface area contributed by atoms with E-state index in [0.29, 0.717) is 0 Å². The summed E-state index contributed by atoms with van der Waals surface area (Å²) < 4.78 is 0. The van der Waals surface area contributed by atoms with Gasteiger partial charge in [0, 0.05) is 0 Å². The van der Waals surface area contributed by atoms with Crippen molar-refractivity contribution in [3.63, 3.8) is 0 Å². The number of hydrogen-bond donors (Lipinski definition) is 0. The molecular weight excluding hydrogens is 195 g/mol. The molecule has 0 aromatic carbocycles. The minimum atomic E-state index is 0. The Kier molecular flexibility index (Phi) is 178. The molecule has 0 aromatic rings. The smallest absolute Gasteiger partial charge is 0.796 e. The molecule has 0 aliphatic rings. The zero-order chi connectivity index (χ0) is 4.00. The van der Waals surface area contributed by atoms with Gasteiger partial charge in [0.05, 0.1) is 0 Å². The quantitative estimate of drug-likeness (QED) is 0.408. The molecule has 0 amide bonds. The van der Waals surface area contributed by atoms with E-state index in [9.17, 15) is 0 Å². The zero-order valence-electron chi connectivity index (χ0n) is 3.13. The van der Waals surface area contributed by atoms with Crippen LogP contribution in [0.5, 0.6) is 0 Å². The summed E-state index contributed by atoms with van der Waals surface area (Å²) in [7, 11) is 0. The Hall–Kier alpha value is 1.36. The molecule has 0 N–H and O–H groups in total. The molecule has 0 spiro atoms. The van der Waals surface area contributed by atoms with E-state index < -0.39 is 0 Å². The summed E-state index contributed by atoms with van der Waals surface area (Å²) in [6.07, 6.45) is 3.17. The molecule has 0 atom stereocenters. The van der Waals surface area contributed by atoms with Crippen LogP contribution in [0, 0.1) is 0 Å². The van der Waals surface area contributed by atoms with Crippen LogP contribution in [0.3, 0.4) is 0 Å². The first-order valence-corrected chi connectivity index (χ1v) is 2.45. The van der Waals surface area contributed by atoms with E-state index in [1.54, 1.807) is 12.5 Å². The molecule has 0 unspecified atom stereocenters. The molecule has 0 aliphatic carbocycles. The second-order valence-corrected chi connectivity index (χ2v) is 0. The standard InChI is InChI=1S/2CH4S.Pd/c2*1-2;/h2*2H,1H3;/q;;+2/p-2. The molecule has 0 saturated carbocycles. The van der Waals surface area contributed by atoms with E-state index in [2.05, 4.69) is 25.3 Å². The van der Waals surface area contributed by atoms with Gasteiger partial charge < -0.3 is 25.3 Å². The molecule has 0 nitrogen and oxygen atoms in total. The molecule has 5 heavy (non-hydrogen) atoms. The van der Waals surface area contributed by atoms with Crippen LogP contribution >= 0.6 is 0 Å². The maximum absolute atomic E-state index is 4.08. The molecule has 0 rings (SSSR count). The third-order valence-electron chi connectivity index (χ3n) is 0. The predicted molar refractivity (Wildman–Crippen MR) is 26.6 cm³/mol. The van der Waals surface area contributed by atoms with Crippen molar-refractivity contribution in [2.75, 3.05) is 12.5 Å². The SMILES string of the molecule is C[S-].C[S-].[Pd+2]. The first kappa shape index (κ1) is 16.2. The summed E-state index contributed by atoms with van der Waals surface area (Å²) in [5, 5.41) is 0. The van der Waals surface area contributed by atoms with Crippen LogP contribution in [0.15, 0.2) is 0 Å².